The van der Waals surface area contributed by atoms with Crippen molar-refractivity contribution in [2.24, 2.45) is 0 Å². The predicted molar refractivity (Wildman–Crippen MR) is 103 cm³/mol. The Morgan fingerprint density at radius 1 is 1.24 bits per heavy atom. The van der Waals surface area contributed by atoms with Gasteiger partial charge in [0.1, 0.15) is 23.9 Å². The standard InChI is InChI=1S/C17H29N2O9P/c1-6-17(24,7-2)29(25,26)28-16(4,5)12-10(20)11(21)14(27-12)19-8-9(3)13(22)18-15(19)23/h8,10-12,14,20-21,24H,6-7H2,1-5H3,(H,25,26)(H,18,22,23)/t10-,11+,12-,14?/m0/s1. The molecule has 1 aliphatic heterocycles. The molecular formula is C17H29N2O9P. The summed E-state index contributed by atoms with van der Waals surface area (Å²) >= 11 is 0. The number of rotatable bonds is 7. The molecule has 2 heterocycles. The topological polar surface area (TPSA) is 171 Å². The van der Waals surface area contributed by atoms with Gasteiger partial charge in [0.15, 0.2) is 11.6 Å². The van der Waals surface area contributed by atoms with Crippen molar-refractivity contribution in [1.82, 2.24) is 9.55 Å². The molecule has 166 valence electrons. The van der Waals surface area contributed by atoms with Crippen molar-refractivity contribution in [1.29, 1.82) is 0 Å². The van der Waals surface area contributed by atoms with Crippen molar-refractivity contribution in [3.63, 3.8) is 0 Å². The molecule has 29 heavy (non-hydrogen) atoms. The first-order valence-electron chi connectivity index (χ1n) is 9.30. The third-order valence-electron chi connectivity index (χ3n) is 5.36. The highest BCUT2D eigenvalue weighted by molar-refractivity contribution is 7.54. The maximum Gasteiger partial charge on any atom is 0.359 e. The van der Waals surface area contributed by atoms with Crippen LogP contribution in [0, 0.1) is 6.92 Å². The van der Waals surface area contributed by atoms with E-state index in [4.69, 9.17) is 9.26 Å². The summed E-state index contributed by atoms with van der Waals surface area (Å²) in [5, 5.41) is 29.3. The lowest BCUT2D eigenvalue weighted by Gasteiger charge is -2.39. The molecule has 12 heteroatoms. The van der Waals surface area contributed by atoms with E-state index in [9.17, 15) is 34.4 Å². The third-order valence-corrected chi connectivity index (χ3v) is 7.76. The molecule has 0 amide bonds. The first-order valence-corrected chi connectivity index (χ1v) is 10.9. The minimum atomic E-state index is -4.58. The molecule has 2 unspecified atom stereocenters. The van der Waals surface area contributed by atoms with Crippen LogP contribution in [-0.4, -0.2) is 59.0 Å². The summed E-state index contributed by atoms with van der Waals surface area (Å²) in [7, 11) is -4.58. The van der Waals surface area contributed by atoms with Gasteiger partial charge in [-0.05, 0) is 33.6 Å². The molecular weight excluding hydrogens is 407 g/mol. The van der Waals surface area contributed by atoms with E-state index in [2.05, 4.69) is 4.98 Å². The van der Waals surface area contributed by atoms with Crippen LogP contribution in [0.25, 0.3) is 0 Å². The second kappa shape index (κ2) is 8.07. The van der Waals surface area contributed by atoms with Gasteiger partial charge in [0.2, 0.25) is 0 Å². The number of hydrogen-bond acceptors (Lipinski definition) is 8. The lowest BCUT2D eigenvalue weighted by molar-refractivity contribution is -0.120. The predicted octanol–water partition coefficient (Wildman–Crippen LogP) is -0.0466. The molecule has 1 aromatic rings. The van der Waals surface area contributed by atoms with E-state index >= 15 is 0 Å². The van der Waals surface area contributed by atoms with Gasteiger partial charge < -0.3 is 24.9 Å². The zero-order valence-corrected chi connectivity index (χ0v) is 17.9. The van der Waals surface area contributed by atoms with Crippen molar-refractivity contribution in [2.45, 2.75) is 82.9 Å². The SMILES string of the molecule is CCC(O)(CC)P(=O)(O)OC(C)(C)[C@H]1OC(n2cc(C)c(=O)[nH]c2=O)[C@H](O)[C@@H]1O. The first-order chi connectivity index (χ1) is 13.2. The van der Waals surface area contributed by atoms with E-state index in [1.807, 2.05) is 0 Å². The van der Waals surface area contributed by atoms with Crippen LogP contribution in [0.1, 0.15) is 52.3 Å². The molecule has 1 fully saturated rings. The fraction of sp³-hybridized carbons (Fsp3) is 0.765. The van der Waals surface area contributed by atoms with Crippen molar-refractivity contribution in [3.8, 4) is 0 Å². The van der Waals surface area contributed by atoms with Crippen molar-refractivity contribution < 1.29 is 34.0 Å². The van der Waals surface area contributed by atoms with Gasteiger partial charge >= 0.3 is 13.3 Å². The van der Waals surface area contributed by atoms with Crippen LogP contribution < -0.4 is 11.2 Å². The third kappa shape index (κ3) is 4.27. The molecule has 2 rings (SSSR count). The van der Waals surface area contributed by atoms with E-state index in [1.54, 1.807) is 0 Å². The molecule has 0 bridgehead atoms. The molecule has 5 atom stereocenters. The molecule has 1 saturated heterocycles. The summed E-state index contributed by atoms with van der Waals surface area (Å²) in [6, 6.07) is 0. The number of aryl methyl sites for hydroxylation is 1. The fourth-order valence-corrected chi connectivity index (χ4v) is 5.06. The first kappa shape index (κ1) is 23.9. The molecule has 0 aromatic carbocycles. The fourth-order valence-electron chi connectivity index (χ4n) is 3.34. The zero-order valence-electron chi connectivity index (χ0n) is 17.0. The Bertz CT molecular complexity index is 905. The average molecular weight is 436 g/mol. The van der Waals surface area contributed by atoms with E-state index in [0.29, 0.717) is 0 Å². The second-order valence-electron chi connectivity index (χ2n) is 7.81. The number of aromatic amines is 1. The summed E-state index contributed by atoms with van der Waals surface area (Å²) in [5.41, 5.74) is -2.89. The average Bonchev–Trinajstić information content (AvgIpc) is 2.92. The van der Waals surface area contributed by atoms with Crippen LogP contribution in [0.5, 0.6) is 0 Å². The number of nitrogens with zero attached hydrogens (tertiary/aromatic N) is 1. The van der Waals surface area contributed by atoms with Crippen LogP contribution in [0.3, 0.4) is 0 Å². The Balaban J connectivity index is 2.36. The molecule has 0 radical (unpaired) electrons. The van der Waals surface area contributed by atoms with Crippen LogP contribution in [0.15, 0.2) is 15.8 Å². The maximum absolute atomic E-state index is 12.7. The maximum atomic E-state index is 12.7. The van der Waals surface area contributed by atoms with Gasteiger partial charge in [0, 0.05) is 11.8 Å². The Kier molecular flexibility index (Phi) is 6.66. The van der Waals surface area contributed by atoms with Crippen LogP contribution >= 0.6 is 7.60 Å². The molecule has 5 N–H and O–H groups in total. The van der Waals surface area contributed by atoms with Gasteiger partial charge in [-0.25, -0.2) is 4.79 Å². The van der Waals surface area contributed by atoms with E-state index < -0.39 is 54.3 Å². The molecule has 1 aromatic heterocycles. The summed E-state index contributed by atoms with van der Waals surface area (Å²) in [6.45, 7) is 7.26. The number of nitrogens with one attached hydrogen (secondary N) is 1. The van der Waals surface area contributed by atoms with Gasteiger partial charge in [-0.3, -0.25) is 23.4 Å². The monoisotopic (exact) mass is 436 g/mol. The minimum Gasteiger partial charge on any atom is -0.387 e. The Labute approximate surface area is 167 Å². The molecule has 0 saturated carbocycles. The van der Waals surface area contributed by atoms with Crippen molar-refractivity contribution in [3.05, 3.63) is 32.6 Å². The van der Waals surface area contributed by atoms with Gasteiger partial charge in [-0.1, -0.05) is 13.8 Å². The van der Waals surface area contributed by atoms with Gasteiger partial charge in [0.05, 0.1) is 0 Å². The number of ether oxygens (including phenoxy) is 1. The largest absolute Gasteiger partial charge is 0.387 e. The van der Waals surface area contributed by atoms with Gasteiger partial charge in [0.25, 0.3) is 5.56 Å². The highest BCUT2D eigenvalue weighted by Gasteiger charge is 2.56. The number of hydrogen-bond donors (Lipinski definition) is 5. The van der Waals surface area contributed by atoms with E-state index in [1.165, 1.54) is 40.8 Å². The smallest absolute Gasteiger partial charge is 0.359 e. The molecule has 1 aliphatic rings. The number of aliphatic hydroxyl groups excluding tert-OH is 2. The Morgan fingerprint density at radius 2 is 1.79 bits per heavy atom. The summed E-state index contributed by atoms with van der Waals surface area (Å²) in [4.78, 5) is 36.1. The zero-order chi connectivity index (χ0) is 22.4. The van der Waals surface area contributed by atoms with Crippen LogP contribution in [0.2, 0.25) is 0 Å². The number of H-pyrrole nitrogens is 1. The number of aromatic nitrogens is 2. The highest BCUT2D eigenvalue weighted by atomic mass is 31.2. The Morgan fingerprint density at radius 3 is 2.31 bits per heavy atom. The molecule has 0 spiro atoms. The number of aliphatic hydroxyl groups is 3. The lowest BCUT2D eigenvalue weighted by Crippen LogP contribution is -2.47. The van der Waals surface area contributed by atoms with Gasteiger partial charge in [-0.15, -0.1) is 0 Å². The van der Waals surface area contributed by atoms with Gasteiger partial charge in [-0.2, -0.15) is 0 Å². The minimum absolute atomic E-state index is 0.0429. The molecule has 0 aliphatic carbocycles. The van der Waals surface area contributed by atoms with Crippen molar-refractivity contribution >= 4 is 7.60 Å². The summed E-state index contributed by atoms with van der Waals surface area (Å²) in [6.07, 6.45) is -4.75. The quantitative estimate of drug-likeness (QED) is 0.368. The second-order valence-corrected chi connectivity index (χ2v) is 9.87. The summed E-state index contributed by atoms with van der Waals surface area (Å²) < 4.78 is 24.7. The highest BCUT2D eigenvalue weighted by Crippen LogP contribution is 2.60. The van der Waals surface area contributed by atoms with Crippen LogP contribution in [-0.2, 0) is 13.8 Å². The lowest BCUT2D eigenvalue weighted by atomic mass is 9.96. The summed E-state index contributed by atoms with van der Waals surface area (Å²) in [5.74, 6) is 0. The Hall–Kier alpha value is -1.33. The van der Waals surface area contributed by atoms with E-state index in [-0.39, 0.29) is 18.4 Å². The van der Waals surface area contributed by atoms with Crippen LogP contribution in [0.4, 0.5) is 0 Å². The normalized spacial score (nSPS) is 27.8. The van der Waals surface area contributed by atoms with E-state index in [0.717, 1.165) is 4.57 Å². The molecule has 11 nitrogen and oxygen atoms in total. The van der Waals surface area contributed by atoms with Crippen molar-refractivity contribution in [2.75, 3.05) is 0 Å².